The lowest BCUT2D eigenvalue weighted by Crippen LogP contribution is -2.39. The summed E-state index contributed by atoms with van der Waals surface area (Å²) in [6, 6.07) is 13.9. The zero-order valence-corrected chi connectivity index (χ0v) is 22.1. The van der Waals surface area contributed by atoms with Gasteiger partial charge in [-0.25, -0.2) is 14.2 Å². The second-order valence-corrected chi connectivity index (χ2v) is 10.2. The number of hydrogen-bond donors (Lipinski definition) is 4. The second-order valence-electron chi connectivity index (χ2n) is 9.70. The number of carbonyl (C=O) groups is 1. The smallest absolute Gasteiger partial charge is 0.322 e. The molecule has 0 spiro atoms. The lowest BCUT2D eigenvalue weighted by atomic mass is 9.96. The summed E-state index contributed by atoms with van der Waals surface area (Å²) >= 11 is 1.11. The van der Waals surface area contributed by atoms with E-state index in [4.69, 9.17) is 4.98 Å². The van der Waals surface area contributed by atoms with Crippen molar-refractivity contribution >= 4 is 45.4 Å². The molecule has 4 heterocycles. The summed E-state index contributed by atoms with van der Waals surface area (Å²) < 4.78 is 22.7. The van der Waals surface area contributed by atoms with Crippen LogP contribution >= 0.6 is 11.7 Å². The highest BCUT2D eigenvalue weighted by molar-refractivity contribution is 7.00. The number of aromatic hydroxyl groups is 1. The Labute approximate surface area is 231 Å². The highest BCUT2D eigenvalue weighted by atomic mass is 32.1. The van der Waals surface area contributed by atoms with Crippen LogP contribution < -0.4 is 5.32 Å². The molecule has 0 saturated carbocycles. The highest BCUT2D eigenvalue weighted by Gasteiger charge is 2.26. The molecular weight excluding hydrogens is 531 g/mol. The predicted molar refractivity (Wildman–Crippen MR) is 151 cm³/mol. The van der Waals surface area contributed by atoms with E-state index in [1.54, 1.807) is 4.90 Å². The van der Waals surface area contributed by atoms with E-state index in [2.05, 4.69) is 29.2 Å². The number of imidazole rings is 1. The number of phenols is 1. The van der Waals surface area contributed by atoms with Crippen molar-refractivity contribution in [3.63, 3.8) is 0 Å². The average Bonchev–Trinajstić information content (AvgIpc) is 3.71. The number of fused-ring (bicyclic) bond motifs is 3. The molecule has 0 fully saturated rings. The number of aryl methyl sites for hydroxylation is 1. The minimum atomic E-state index is -0.654. The van der Waals surface area contributed by atoms with Crippen LogP contribution in [0.4, 0.5) is 14.9 Å². The number of nitrogens with zero attached hydrogens (tertiary/aromatic N) is 5. The van der Waals surface area contributed by atoms with Crippen LogP contribution in [0, 0.1) is 5.82 Å². The molecule has 7 rings (SSSR count). The Morgan fingerprint density at radius 1 is 1.20 bits per heavy atom. The first-order valence-electron chi connectivity index (χ1n) is 12.8. The van der Waals surface area contributed by atoms with Gasteiger partial charge in [0, 0.05) is 18.4 Å². The number of rotatable bonds is 4. The third kappa shape index (κ3) is 4.04. The van der Waals surface area contributed by atoms with E-state index < -0.39 is 5.82 Å². The fraction of sp³-hybridized carbons (Fsp3) is 0.179. The topological polar surface area (TPSA) is 136 Å². The van der Waals surface area contributed by atoms with Crippen molar-refractivity contribution in [2.75, 3.05) is 11.9 Å². The molecule has 1 aliphatic heterocycles. The van der Waals surface area contributed by atoms with Gasteiger partial charge < -0.3 is 20.3 Å². The average molecular weight is 555 g/mol. The number of carbonyl (C=O) groups excluding carboxylic acids is 1. The van der Waals surface area contributed by atoms with Gasteiger partial charge in [-0.05, 0) is 59.5 Å². The summed E-state index contributed by atoms with van der Waals surface area (Å²) in [7, 11) is 0. The molecule has 0 bridgehead atoms. The third-order valence-corrected chi connectivity index (χ3v) is 7.84. The lowest BCUT2D eigenvalue weighted by molar-refractivity contribution is 0.205. The summed E-state index contributed by atoms with van der Waals surface area (Å²) in [6.07, 6.45) is 1.26. The molecule has 200 valence electrons. The van der Waals surface area contributed by atoms with E-state index in [9.17, 15) is 14.3 Å². The molecule has 4 N–H and O–H groups in total. The van der Waals surface area contributed by atoms with Crippen LogP contribution in [-0.2, 0) is 19.4 Å². The Kier molecular flexibility index (Phi) is 5.70. The minimum absolute atomic E-state index is 0.211. The van der Waals surface area contributed by atoms with Crippen LogP contribution in [0.1, 0.15) is 23.9 Å². The molecule has 40 heavy (non-hydrogen) atoms. The number of nitrogens with one attached hydrogen (secondary N) is 3. The van der Waals surface area contributed by atoms with Gasteiger partial charge in [0.15, 0.2) is 17.4 Å². The minimum Gasteiger partial charge on any atom is -0.505 e. The maximum Gasteiger partial charge on any atom is 0.322 e. The molecule has 0 radical (unpaired) electrons. The van der Waals surface area contributed by atoms with Gasteiger partial charge in [0.2, 0.25) is 0 Å². The molecule has 6 aromatic rings. The molecule has 1 aliphatic rings. The monoisotopic (exact) mass is 554 g/mol. The number of halogens is 1. The van der Waals surface area contributed by atoms with E-state index in [1.165, 1.54) is 12.1 Å². The normalized spacial score (nSPS) is 13.2. The second kappa shape index (κ2) is 9.42. The Hall–Kier alpha value is -4.84. The number of aromatic amines is 2. The zero-order valence-electron chi connectivity index (χ0n) is 21.3. The summed E-state index contributed by atoms with van der Waals surface area (Å²) in [4.78, 5) is 23.0. The molecule has 10 nitrogen and oxygen atoms in total. The van der Waals surface area contributed by atoms with Crippen LogP contribution in [0.15, 0.2) is 48.5 Å². The van der Waals surface area contributed by atoms with Crippen molar-refractivity contribution in [3.8, 4) is 28.4 Å². The fourth-order valence-electron chi connectivity index (χ4n) is 5.21. The first kappa shape index (κ1) is 24.2. The number of H-pyrrole nitrogens is 2. The summed E-state index contributed by atoms with van der Waals surface area (Å²) in [5.74, 6) is -0.384. The number of amides is 2. The van der Waals surface area contributed by atoms with Gasteiger partial charge in [-0.15, -0.1) is 0 Å². The van der Waals surface area contributed by atoms with Gasteiger partial charge in [-0.1, -0.05) is 19.1 Å². The van der Waals surface area contributed by atoms with Crippen molar-refractivity contribution in [1.82, 2.24) is 33.8 Å². The van der Waals surface area contributed by atoms with E-state index in [0.29, 0.717) is 48.7 Å². The van der Waals surface area contributed by atoms with E-state index >= 15 is 0 Å². The van der Waals surface area contributed by atoms with Crippen molar-refractivity contribution in [2.45, 2.75) is 26.3 Å². The largest absolute Gasteiger partial charge is 0.505 e. The molecule has 3 aromatic heterocycles. The lowest BCUT2D eigenvalue weighted by Gasteiger charge is -2.26. The first-order chi connectivity index (χ1) is 19.5. The van der Waals surface area contributed by atoms with E-state index in [1.807, 2.05) is 43.3 Å². The van der Waals surface area contributed by atoms with Gasteiger partial charge in [0.05, 0.1) is 40.9 Å². The predicted octanol–water partition coefficient (Wildman–Crippen LogP) is 5.62. The molecule has 0 saturated heterocycles. The van der Waals surface area contributed by atoms with Crippen molar-refractivity contribution in [2.24, 2.45) is 0 Å². The number of phenolic OH excluding ortho intramolecular Hbond substituents is 1. The summed E-state index contributed by atoms with van der Waals surface area (Å²) in [6.45, 7) is 2.88. The fourth-order valence-corrected chi connectivity index (χ4v) is 5.76. The maximum atomic E-state index is 14.2. The van der Waals surface area contributed by atoms with Gasteiger partial charge in [-0.2, -0.15) is 13.8 Å². The van der Waals surface area contributed by atoms with Crippen LogP contribution in [0.2, 0.25) is 0 Å². The van der Waals surface area contributed by atoms with Crippen LogP contribution in [0.3, 0.4) is 0 Å². The van der Waals surface area contributed by atoms with Crippen LogP contribution in [0.5, 0.6) is 5.75 Å². The third-order valence-electron chi connectivity index (χ3n) is 7.30. The first-order valence-corrected chi connectivity index (χ1v) is 13.6. The highest BCUT2D eigenvalue weighted by Crippen LogP contribution is 2.34. The van der Waals surface area contributed by atoms with Crippen molar-refractivity contribution in [3.05, 3.63) is 71.3 Å². The maximum absolute atomic E-state index is 14.2. The van der Waals surface area contributed by atoms with Crippen LogP contribution in [-0.4, -0.2) is 51.5 Å². The molecule has 0 unspecified atom stereocenters. The van der Waals surface area contributed by atoms with Gasteiger partial charge in [0.25, 0.3) is 0 Å². The van der Waals surface area contributed by atoms with Crippen molar-refractivity contribution in [1.29, 1.82) is 0 Å². The van der Waals surface area contributed by atoms with Gasteiger partial charge >= 0.3 is 6.03 Å². The Bertz CT molecular complexity index is 1930. The number of aromatic nitrogens is 6. The van der Waals surface area contributed by atoms with Crippen molar-refractivity contribution < 1.29 is 14.3 Å². The zero-order chi connectivity index (χ0) is 27.4. The Balaban J connectivity index is 1.14. The number of hydrogen-bond acceptors (Lipinski definition) is 7. The van der Waals surface area contributed by atoms with Gasteiger partial charge in [-0.3, -0.25) is 5.10 Å². The summed E-state index contributed by atoms with van der Waals surface area (Å²) in [5.41, 5.74) is 7.69. The number of anilines is 1. The Morgan fingerprint density at radius 2 is 2.10 bits per heavy atom. The van der Waals surface area contributed by atoms with E-state index in [0.717, 1.165) is 56.2 Å². The molecule has 0 aliphatic carbocycles. The summed E-state index contributed by atoms with van der Waals surface area (Å²) in [5, 5.41) is 21.2. The SMILES string of the molecule is CCc1cc(O)c(F)cc1-c1ccc2c(-c3nc4c([nH]3)CN(C(=O)Nc3cccc5nsnc35)CC4)n[nH]c2c1. The Morgan fingerprint density at radius 3 is 2.98 bits per heavy atom. The molecular formula is C28H23FN8O2S. The quantitative estimate of drug-likeness (QED) is 0.223. The van der Waals surface area contributed by atoms with Gasteiger partial charge in [0.1, 0.15) is 16.7 Å². The molecule has 3 aromatic carbocycles. The molecule has 12 heteroatoms. The standard InChI is InChI=1S/C28H23FN8O2S/c1-2-14-11-24(38)18(29)12-17(14)15-6-7-16-22(10-15)33-34-25(16)27-30-19-8-9-37(13-23(19)31-27)28(39)32-20-4-3-5-21-26(20)36-40-35-21/h3-7,10-12,38H,2,8-9,13H2,1H3,(H,30,31)(H,32,39)(H,33,34). The van der Waals surface area contributed by atoms with E-state index in [-0.39, 0.29) is 11.8 Å². The van der Waals surface area contributed by atoms with Crippen LogP contribution in [0.25, 0.3) is 44.6 Å². The number of urea groups is 1. The molecule has 2 amide bonds. The molecule has 0 atom stereocenters. The number of benzene rings is 3.